The van der Waals surface area contributed by atoms with Gasteiger partial charge < -0.3 is 5.32 Å². The van der Waals surface area contributed by atoms with E-state index in [0.29, 0.717) is 18.2 Å². The van der Waals surface area contributed by atoms with E-state index in [1.54, 1.807) is 6.20 Å². The molecule has 0 atom stereocenters. The highest BCUT2D eigenvalue weighted by molar-refractivity contribution is 7.99. The van der Waals surface area contributed by atoms with Crippen molar-refractivity contribution in [2.24, 2.45) is 5.92 Å². The summed E-state index contributed by atoms with van der Waals surface area (Å²) in [7, 11) is 0. The molecule has 5 heteroatoms. The standard InChI is InChI=1S/C16H21N3OS/c1-12(2)10-18-15(20)11-21-16-17-8-9-19(16)14-7-5-4-6-13(14)3/h4-9,12H,10-11H2,1-3H3,(H,18,20). The molecule has 0 aliphatic rings. The lowest BCUT2D eigenvalue weighted by atomic mass is 10.2. The summed E-state index contributed by atoms with van der Waals surface area (Å²) in [6.45, 7) is 6.95. The average molecular weight is 303 g/mol. The molecule has 0 radical (unpaired) electrons. The second-order valence-corrected chi connectivity index (χ2v) is 6.30. The van der Waals surface area contributed by atoms with Crippen LogP contribution in [-0.4, -0.2) is 27.8 Å². The lowest BCUT2D eigenvalue weighted by molar-refractivity contribution is -0.118. The Bertz CT molecular complexity index is 607. The predicted octanol–water partition coefficient (Wildman–Crippen LogP) is 3.05. The van der Waals surface area contributed by atoms with Crippen LogP contribution in [0.2, 0.25) is 0 Å². The van der Waals surface area contributed by atoms with E-state index in [9.17, 15) is 4.79 Å². The number of carbonyl (C=O) groups is 1. The molecule has 1 aromatic carbocycles. The van der Waals surface area contributed by atoms with Crippen molar-refractivity contribution in [1.29, 1.82) is 0 Å². The number of amides is 1. The third-order valence-electron chi connectivity index (χ3n) is 3.02. The van der Waals surface area contributed by atoms with Crippen molar-refractivity contribution in [2.75, 3.05) is 12.3 Å². The molecule has 0 saturated carbocycles. The molecule has 0 saturated heterocycles. The van der Waals surface area contributed by atoms with Gasteiger partial charge in [0.15, 0.2) is 5.16 Å². The molecule has 21 heavy (non-hydrogen) atoms. The number of hydrogen-bond acceptors (Lipinski definition) is 3. The van der Waals surface area contributed by atoms with E-state index in [1.165, 1.54) is 17.3 Å². The minimum Gasteiger partial charge on any atom is -0.355 e. The van der Waals surface area contributed by atoms with Crippen molar-refractivity contribution in [1.82, 2.24) is 14.9 Å². The maximum absolute atomic E-state index is 11.8. The van der Waals surface area contributed by atoms with Gasteiger partial charge in [-0.15, -0.1) is 0 Å². The molecule has 1 heterocycles. The van der Waals surface area contributed by atoms with E-state index >= 15 is 0 Å². The molecule has 0 fully saturated rings. The van der Waals surface area contributed by atoms with E-state index < -0.39 is 0 Å². The number of para-hydroxylation sites is 1. The molecule has 2 rings (SSSR count). The molecule has 1 amide bonds. The predicted molar refractivity (Wildman–Crippen MR) is 86.9 cm³/mol. The number of aromatic nitrogens is 2. The summed E-state index contributed by atoms with van der Waals surface area (Å²) in [6.07, 6.45) is 3.69. The fraction of sp³-hybridized carbons (Fsp3) is 0.375. The highest BCUT2D eigenvalue weighted by Gasteiger charge is 2.10. The van der Waals surface area contributed by atoms with Gasteiger partial charge in [0.1, 0.15) is 0 Å². The number of aryl methyl sites for hydroxylation is 1. The summed E-state index contributed by atoms with van der Waals surface area (Å²) in [5.41, 5.74) is 2.28. The van der Waals surface area contributed by atoms with E-state index in [-0.39, 0.29) is 5.91 Å². The van der Waals surface area contributed by atoms with Crippen molar-refractivity contribution in [3.05, 3.63) is 42.2 Å². The number of hydrogen-bond donors (Lipinski definition) is 1. The van der Waals surface area contributed by atoms with Crippen LogP contribution >= 0.6 is 11.8 Å². The van der Waals surface area contributed by atoms with Crippen LogP contribution in [0.5, 0.6) is 0 Å². The van der Waals surface area contributed by atoms with Crippen molar-refractivity contribution < 1.29 is 4.79 Å². The number of imidazole rings is 1. The fourth-order valence-corrected chi connectivity index (χ4v) is 2.71. The van der Waals surface area contributed by atoms with Crippen LogP contribution in [0.15, 0.2) is 41.8 Å². The smallest absolute Gasteiger partial charge is 0.230 e. The van der Waals surface area contributed by atoms with Crippen LogP contribution < -0.4 is 5.32 Å². The molecule has 1 N–H and O–H groups in total. The van der Waals surface area contributed by atoms with Crippen molar-refractivity contribution in [3.8, 4) is 5.69 Å². The molecule has 0 aliphatic carbocycles. The molecular weight excluding hydrogens is 282 g/mol. The fourth-order valence-electron chi connectivity index (χ4n) is 1.91. The number of rotatable bonds is 6. The first-order valence-corrected chi connectivity index (χ1v) is 8.05. The maximum Gasteiger partial charge on any atom is 0.230 e. The third-order valence-corrected chi connectivity index (χ3v) is 3.99. The van der Waals surface area contributed by atoms with Crippen LogP contribution in [0.1, 0.15) is 19.4 Å². The first kappa shape index (κ1) is 15.6. The van der Waals surface area contributed by atoms with Gasteiger partial charge >= 0.3 is 0 Å². The second-order valence-electron chi connectivity index (χ2n) is 5.35. The molecule has 1 aromatic heterocycles. The molecule has 4 nitrogen and oxygen atoms in total. The van der Waals surface area contributed by atoms with E-state index in [2.05, 4.69) is 43.2 Å². The van der Waals surface area contributed by atoms with E-state index in [0.717, 1.165) is 10.8 Å². The van der Waals surface area contributed by atoms with Crippen LogP contribution in [0.4, 0.5) is 0 Å². The second kappa shape index (κ2) is 7.31. The summed E-state index contributed by atoms with van der Waals surface area (Å²) in [6, 6.07) is 8.15. The Kier molecular flexibility index (Phi) is 5.44. The van der Waals surface area contributed by atoms with Crippen LogP contribution in [0.25, 0.3) is 5.69 Å². The lowest BCUT2D eigenvalue weighted by Gasteiger charge is -2.10. The van der Waals surface area contributed by atoms with Gasteiger partial charge in [0.2, 0.25) is 5.91 Å². The zero-order valence-corrected chi connectivity index (χ0v) is 13.5. The highest BCUT2D eigenvalue weighted by Crippen LogP contribution is 2.22. The summed E-state index contributed by atoms with van der Waals surface area (Å²) >= 11 is 1.46. The van der Waals surface area contributed by atoms with Crippen LogP contribution in [0, 0.1) is 12.8 Å². The van der Waals surface area contributed by atoms with Gasteiger partial charge in [-0.1, -0.05) is 43.8 Å². The molecular formula is C16H21N3OS. The normalized spacial score (nSPS) is 10.9. The van der Waals surface area contributed by atoms with Gasteiger partial charge in [-0.05, 0) is 24.5 Å². The topological polar surface area (TPSA) is 46.9 Å². The number of thioether (sulfide) groups is 1. The van der Waals surface area contributed by atoms with Gasteiger partial charge in [0.05, 0.1) is 11.4 Å². The Balaban J connectivity index is 2.02. The van der Waals surface area contributed by atoms with E-state index in [4.69, 9.17) is 0 Å². The monoisotopic (exact) mass is 303 g/mol. The molecule has 0 aliphatic heterocycles. The zero-order chi connectivity index (χ0) is 15.2. The van der Waals surface area contributed by atoms with Gasteiger partial charge in [0, 0.05) is 18.9 Å². The first-order valence-electron chi connectivity index (χ1n) is 7.06. The Morgan fingerprint density at radius 1 is 1.38 bits per heavy atom. The lowest BCUT2D eigenvalue weighted by Crippen LogP contribution is -2.28. The first-order chi connectivity index (χ1) is 10.1. The molecule has 0 unspecified atom stereocenters. The van der Waals surface area contributed by atoms with Crippen LogP contribution in [-0.2, 0) is 4.79 Å². The van der Waals surface area contributed by atoms with E-state index in [1.807, 2.05) is 22.9 Å². The molecule has 0 spiro atoms. The van der Waals surface area contributed by atoms with Gasteiger partial charge in [0.25, 0.3) is 0 Å². The molecule has 112 valence electrons. The summed E-state index contributed by atoms with van der Waals surface area (Å²) in [4.78, 5) is 16.1. The largest absolute Gasteiger partial charge is 0.355 e. The third kappa shape index (κ3) is 4.36. The minimum absolute atomic E-state index is 0.0491. The minimum atomic E-state index is 0.0491. The number of nitrogens with zero attached hydrogens (tertiary/aromatic N) is 2. The van der Waals surface area contributed by atoms with Gasteiger partial charge in [-0.25, -0.2) is 4.98 Å². The van der Waals surface area contributed by atoms with Crippen LogP contribution in [0.3, 0.4) is 0 Å². The van der Waals surface area contributed by atoms with Gasteiger partial charge in [-0.3, -0.25) is 9.36 Å². The summed E-state index contributed by atoms with van der Waals surface area (Å²) < 4.78 is 2.02. The average Bonchev–Trinajstić information content (AvgIpc) is 2.91. The SMILES string of the molecule is Cc1ccccc1-n1ccnc1SCC(=O)NCC(C)C. The maximum atomic E-state index is 11.8. The molecule has 2 aromatic rings. The highest BCUT2D eigenvalue weighted by atomic mass is 32.2. The Labute approximate surface area is 130 Å². The number of nitrogens with one attached hydrogen (secondary N) is 1. The summed E-state index contributed by atoms with van der Waals surface area (Å²) in [5, 5.41) is 3.76. The van der Waals surface area contributed by atoms with Crippen molar-refractivity contribution >= 4 is 17.7 Å². The Hall–Kier alpha value is -1.75. The zero-order valence-electron chi connectivity index (χ0n) is 12.7. The molecule has 0 bridgehead atoms. The Morgan fingerprint density at radius 2 is 2.14 bits per heavy atom. The van der Waals surface area contributed by atoms with Crippen molar-refractivity contribution in [3.63, 3.8) is 0 Å². The Morgan fingerprint density at radius 3 is 2.86 bits per heavy atom. The van der Waals surface area contributed by atoms with Crippen molar-refractivity contribution in [2.45, 2.75) is 25.9 Å². The quantitative estimate of drug-likeness (QED) is 0.834. The number of carbonyl (C=O) groups excluding carboxylic acids is 1. The summed E-state index contributed by atoms with van der Waals surface area (Å²) in [5.74, 6) is 0.899. The number of benzene rings is 1. The van der Waals surface area contributed by atoms with Gasteiger partial charge in [-0.2, -0.15) is 0 Å².